The van der Waals surface area contributed by atoms with Crippen molar-refractivity contribution >= 4 is 28.5 Å². The highest BCUT2D eigenvalue weighted by Gasteiger charge is 2.31. The van der Waals surface area contributed by atoms with Gasteiger partial charge in [-0.2, -0.15) is 0 Å². The van der Waals surface area contributed by atoms with Crippen LogP contribution in [0.25, 0.3) is 10.8 Å². The Morgan fingerprint density at radius 1 is 1.00 bits per heavy atom. The first-order valence-electron chi connectivity index (χ1n) is 10.9. The number of carbonyl (C=O) groups is 3. The summed E-state index contributed by atoms with van der Waals surface area (Å²) in [4.78, 5) is 40.1. The van der Waals surface area contributed by atoms with Gasteiger partial charge < -0.3 is 10.6 Å². The molecule has 164 valence electrons. The van der Waals surface area contributed by atoms with Crippen molar-refractivity contribution < 1.29 is 14.4 Å². The van der Waals surface area contributed by atoms with Gasteiger partial charge in [0, 0.05) is 19.0 Å². The van der Waals surface area contributed by atoms with Crippen molar-refractivity contribution in [1.29, 1.82) is 0 Å². The van der Waals surface area contributed by atoms with Gasteiger partial charge in [-0.25, -0.2) is 0 Å². The summed E-state index contributed by atoms with van der Waals surface area (Å²) in [6, 6.07) is 21.5. The summed E-state index contributed by atoms with van der Waals surface area (Å²) in [5, 5.41) is 8.23. The first-order valence-corrected chi connectivity index (χ1v) is 10.9. The van der Waals surface area contributed by atoms with Crippen LogP contribution in [0, 0.1) is 0 Å². The van der Waals surface area contributed by atoms with Crippen LogP contribution in [0.5, 0.6) is 0 Å². The van der Waals surface area contributed by atoms with E-state index >= 15 is 0 Å². The van der Waals surface area contributed by atoms with Crippen LogP contribution in [0.15, 0.2) is 72.8 Å². The Balaban J connectivity index is 1.57. The van der Waals surface area contributed by atoms with E-state index in [4.69, 9.17) is 0 Å². The van der Waals surface area contributed by atoms with Crippen LogP contribution in [0.1, 0.15) is 28.8 Å². The lowest BCUT2D eigenvalue weighted by Gasteiger charge is -2.25. The zero-order valence-electron chi connectivity index (χ0n) is 18.1. The molecular formula is C26H27N3O3. The molecule has 2 atom stereocenters. The molecule has 0 spiro atoms. The molecule has 6 heteroatoms. The molecular weight excluding hydrogens is 402 g/mol. The van der Waals surface area contributed by atoms with Gasteiger partial charge in [-0.3, -0.25) is 19.3 Å². The minimum Gasteiger partial charge on any atom is -0.343 e. The van der Waals surface area contributed by atoms with Crippen molar-refractivity contribution in [2.75, 3.05) is 13.6 Å². The Morgan fingerprint density at radius 3 is 2.44 bits per heavy atom. The van der Waals surface area contributed by atoms with E-state index in [9.17, 15) is 14.4 Å². The number of nitrogens with zero attached hydrogens (tertiary/aromatic N) is 1. The molecule has 4 rings (SSSR count). The minimum atomic E-state index is -0.844. The second-order valence-electron chi connectivity index (χ2n) is 8.16. The molecule has 1 saturated heterocycles. The molecule has 2 N–H and O–H groups in total. The highest BCUT2D eigenvalue weighted by atomic mass is 16.2. The van der Waals surface area contributed by atoms with E-state index in [0.29, 0.717) is 12.0 Å². The van der Waals surface area contributed by atoms with Gasteiger partial charge >= 0.3 is 0 Å². The van der Waals surface area contributed by atoms with Crippen LogP contribution >= 0.6 is 0 Å². The lowest BCUT2D eigenvalue weighted by molar-refractivity contribution is -0.134. The molecule has 3 aromatic carbocycles. The zero-order chi connectivity index (χ0) is 22.5. The summed E-state index contributed by atoms with van der Waals surface area (Å²) in [5.74, 6) is -1.03. The largest absolute Gasteiger partial charge is 0.343 e. The second kappa shape index (κ2) is 9.75. The number of hydrogen-bond acceptors (Lipinski definition) is 4. The molecule has 1 fully saturated rings. The average Bonchev–Trinajstić information content (AvgIpc) is 3.38. The van der Waals surface area contributed by atoms with E-state index in [1.54, 1.807) is 24.3 Å². The molecule has 1 aliphatic heterocycles. The molecule has 32 heavy (non-hydrogen) atoms. The monoisotopic (exact) mass is 429 g/mol. The van der Waals surface area contributed by atoms with Crippen LogP contribution < -0.4 is 10.6 Å². The normalized spacial score (nSPS) is 16.5. The molecule has 0 aromatic heterocycles. The number of carbonyl (C=O) groups excluding carboxylic acids is 3. The lowest BCUT2D eigenvalue weighted by Crippen LogP contribution is -2.53. The highest BCUT2D eigenvalue weighted by Crippen LogP contribution is 2.18. The minimum absolute atomic E-state index is 0.206. The van der Waals surface area contributed by atoms with E-state index in [1.807, 2.05) is 48.5 Å². The summed E-state index contributed by atoms with van der Waals surface area (Å²) >= 11 is 0. The maximum absolute atomic E-state index is 13.3. The molecule has 3 aromatic rings. The van der Waals surface area contributed by atoms with E-state index in [2.05, 4.69) is 10.6 Å². The lowest BCUT2D eigenvalue weighted by atomic mass is 10.00. The number of rotatable bonds is 6. The van der Waals surface area contributed by atoms with E-state index in [1.165, 1.54) is 7.05 Å². The molecule has 0 radical (unpaired) electrons. The van der Waals surface area contributed by atoms with E-state index < -0.39 is 17.9 Å². The van der Waals surface area contributed by atoms with Gasteiger partial charge in [-0.05, 0) is 47.9 Å². The quantitative estimate of drug-likeness (QED) is 0.632. The summed E-state index contributed by atoms with van der Waals surface area (Å²) in [6.45, 7) is 0.785. The van der Waals surface area contributed by atoms with Gasteiger partial charge in [0.2, 0.25) is 5.91 Å². The Labute approximate surface area is 187 Å². The molecule has 0 unspecified atom stereocenters. The van der Waals surface area contributed by atoms with E-state index in [-0.39, 0.29) is 11.9 Å². The molecule has 0 saturated carbocycles. The summed E-state index contributed by atoms with van der Waals surface area (Å²) in [6.07, 6.45) is 1.96. The molecule has 1 heterocycles. The number of fused-ring (bicyclic) bond motifs is 1. The number of hydrogen-bond donors (Lipinski definition) is 2. The predicted molar refractivity (Wildman–Crippen MR) is 124 cm³/mol. The van der Waals surface area contributed by atoms with Crippen molar-refractivity contribution in [3.05, 3.63) is 83.9 Å². The molecule has 3 amide bonds. The van der Waals surface area contributed by atoms with Crippen LogP contribution in [0.3, 0.4) is 0 Å². The average molecular weight is 430 g/mol. The molecule has 0 aliphatic carbocycles. The highest BCUT2D eigenvalue weighted by molar-refractivity contribution is 6.06. The Bertz CT molecular complexity index is 1120. The fourth-order valence-corrected chi connectivity index (χ4v) is 4.09. The Kier molecular flexibility index (Phi) is 6.61. The van der Waals surface area contributed by atoms with Gasteiger partial charge in [0.25, 0.3) is 11.8 Å². The van der Waals surface area contributed by atoms with Gasteiger partial charge in [-0.15, -0.1) is 0 Å². The standard InChI is InChI=1S/C26H27N3O3/c1-29(25(31)20-9-3-2-4-10-20)26(32)23(28-24(30)22-12-7-15-27-22)17-18-13-14-19-8-5-6-11-21(19)16-18/h2-6,8-11,13-14,16,22-23,27H,7,12,15,17H2,1H3,(H,28,30)/t22-,23-/m0/s1. The number of benzene rings is 3. The van der Waals surface area contributed by atoms with Crippen molar-refractivity contribution in [2.24, 2.45) is 0 Å². The number of imide groups is 1. The summed E-state index contributed by atoms with van der Waals surface area (Å²) in [7, 11) is 1.46. The zero-order valence-corrected chi connectivity index (χ0v) is 18.1. The van der Waals surface area contributed by atoms with Crippen molar-refractivity contribution in [1.82, 2.24) is 15.5 Å². The van der Waals surface area contributed by atoms with Gasteiger partial charge in [0.15, 0.2) is 0 Å². The topological polar surface area (TPSA) is 78.5 Å². The van der Waals surface area contributed by atoms with Crippen LogP contribution in [-0.4, -0.2) is 48.3 Å². The van der Waals surface area contributed by atoms with Gasteiger partial charge in [-0.1, -0.05) is 60.7 Å². The summed E-state index contributed by atoms with van der Waals surface area (Å²) in [5.41, 5.74) is 1.35. The first-order chi connectivity index (χ1) is 15.5. The maximum Gasteiger partial charge on any atom is 0.260 e. The Morgan fingerprint density at radius 2 is 1.72 bits per heavy atom. The van der Waals surface area contributed by atoms with Crippen LogP contribution in [-0.2, 0) is 16.0 Å². The molecule has 1 aliphatic rings. The fourth-order valence-electron chi connectivity index (χ4n) is 4.09. The molecule has 0 bridgehead atoms. The smallest absolute Gasteiger partial charge is 0.260 e. The molecule has 6 nitrogen and oxygen atoms in total. The van der Waals surface area contributed by atoms with Gasteiger partial charge in [0.1, 0.15) is 6.04 Å². The predicted octanol–water partition coefficient (Wildman–Crippen LogP) is 2.92. The maximum atomic E-state index is 13.3. The SMILES string of the molecule is CN(C(=O)c1ccccc1)C(=O)[C@H](Cc1ccc2ccccc2c1)NC(=O)[C@@H]1CCCN1. The van der Waals surface area contributed by atoms with Crippen molar-refractivity contribution in [3.8, 4) is 0 Å². The van der Waals surface area contributed by atoms with Gasteiger partial charge in [0.05, 0.1) is 6.04 Å². The van der Waals surface area contributed by atoms with Crippen molar-refractivity contribution in [2.45, 2.75) is 31.3 Å². The second-order valence-corrected chi connectivity index (χ2v) is 8.16. The fraction of sp³-hybridized carbons (Fsp3) is 0.269. The third-order valence-electron chi connectivity index (χ3n) is 5.90. The third-order valence-corrected chi connectivity index (χ3v) is 5.90. The number of nitrogens with one attached hydrogen (secondary N) is 2. The van der Waals surface area contributed by atoms with Crippen LogP contribution in [0.2, 0.25) is 0 Å². The third kappa shape index (κ3) is 4.86. The van der Waals surface area contributed by atoms with Crippen molar-refractivity contribution in [3.63, 3.8) is 0 Å². The summed E-state index contributed by atoms with van der Waals surface area (Å²) < 4.78 is 0. The number of amides is 3. The number of likely N-dealkylation sites (N-methyl/N-ethyl adjacent to an activating group) is 1. The first kappa shape index (κ1) is 21.7. The Hall–Kier alpha value is -3.51. The van der Waals surface area contributed by atoms with Crippen LogP contribution in [0.4, 0.5) is 0 Å². The van der Waals surface area contributed by atoms with E-state index in [0.717, 1.165) is 40.6 Å².